The summed E-state index contributed by atoms with van der Waals surface area (Å²) < 4.78 is 0. The lowest BCUT2D eigenvalue weighted by Crippen LogP contribution is -2.25. The van der Waals surface area contributed by atoms with Gasteiger partial charge in [0.2, 0.25) is 6.71 Å². The van der Waals surface area contributed by atoms with E-state index in [0.717, 1.165) is 0 Å². The zero-order valence-corrected chi connectivity index (χ0v) is 18.3. The van der Waals surface area contributed by atoms with Gasteiger partial charge in [0.25, 0.3) is 0 Å². The van der Waals surface area contributed by atoms with Gasteiger partial charge in [0, 0.05) is 0 Å². The molecular formula is C24H45B. The van der Waals surface area contributed by atoms with Gasteiger partial charge in [-0.15, -0.1) is 0 Å². The second-order valence-corrected chi connectivity index (χ2v) is 7.39. The average molecular weight is 344 g/mol. The van der Waals surface area contributed by atoms with Crippen molar-refractivity contribution in [1.82, 2.24) is 0 Å². The Morgan fingerprint density at radius 2 is 0.760 bits per heavy atom. The molecule has 0 saturated heterocycles. The topological polar surface area (TPSA) is 0 Å². The first-order valence-electron chi connectivity index (χ1n) is 11.3. The summed E-state index contributed by atoms with van der Waals surface area (Å²) in [6.45, 7) is 14.5. The predicted octanol–water partition coefficient (Wildman–Crippen LogP) is 8.68. The summed E-state index contributed by atoms with van der Waals surface area (Å²) in [5.74, 6) is 0. The molecule has 0 heterocycles. The number of hydrogen-bond donors (Lipinski definition) is 0. The van der Waals surface area contributed by atoms with Crippen molar-refractivity contribution < 1.29 is 0 Å². The number of unbranched alkanes of at least 4 members (excludes halogenated alkanes) is 3. The van der Waals surface area contributed by atoms with Crippen LogP contribution in [0.5, 0.6) is 0 Å². The molecule has 0 N–H and O–H groups in total. The van der Waals surface area contributed by atoms with Crippen molar-refractivity contribution in [1.29, 1.82) is 0 Å². The van der Waals surface area contributed by atoms with Gasteiger partial charge in [-0.25, -0.2) is 0 Å². The summed E-state index contributed by atoms with van der Waals surface area (Å²) in [7, 11) is 0. The number of hydrogen-bond acceptors (Lipinski definition) is 0. The molecule has 0 spiro atoms. The highest BCUT2D eigenvalue weighted by atomic mass is 14.1. The van der Waals surface area contributed by atoms with Gasteiger partial charge in [0.1, 0.15) is 0 Å². The average Bonchev–Trinajstić information content (AvgIpc) is 2.62. The molecule has 0 aliphatic heterocycles. The molecule has 0 rings (SSSR count). The van der Waals surface area contributed by atoms with Gasteiger partial charge in [-0.3, -0.25) is 0 Å². The fourth-order valence-corrected chi connectivity index (χ4v) is 3.66. The molecule has 1 heteroatoms. The summed E-state index contributed by atoms with van der Waals surface area (Å²) in [5, 5.41) is 0. The van der Waals surface area contributed by atoms with Gasteiger partial charge in [0.05, 0.1) is 0 Å². The molecule has 0 aromatic rings. The van der Waals surface area contributed by atoms with Gasteiger partial charge in [-0.1, -0.05) is 115 Å². The first kappa shape index (κ1) is 24.3. The van der Waals surface area contributed by atoms with E-state index in [1.165, 1.54) is 77.0 Å². The smallest absolute Gasteiger partial charge is 0.0953 e. The number of rotatable bonds is 15. The molecule has 0 aromatic heterocycles. The largest absolute Gasteiger partial charge is 0.227 e. The third-order valence-electron chi connectivity index (χ3n) is 4.81. The van der Waals surface area contributed by atoms with Gasteiger partial charge in [-0.2, -0.15) is 0 Å². The van der Waals surface area contributed by atoms with Gasteiger partial charge < -0.3 is 0 Å². The summed E-state index contributed by atoms with van der Waals surface area (Å²) in [6, 6.07) is 0. The summed E-state index contributed by atoms with van der Waals surface area (Å²) in [4.78, 5) is 0. The minimum absolute atomic E-state index is 0.587. The highest BCUT2D eigenvalue weighted by molar-refractivity contribution is 6.80. The Kier molecular flexibility index (Phi) is 16.3. The first-order chi connectivity index (χ1) is 12.2. The van der Waals surface area contributed by atoms with E-state index in [1.54, 1.807) is 16.4 Å². The molecule has 25 heavy (non-hydrogen) atoms. The summed E-state index contributed by atoms with van der Waals surface area (Å²) in [6.07, 6.45) is 22.7. The molecule has 0 aliphatic carbocycles. The molecule has 144 valence electrons. The van der Waals surface area contributed by atoms with Gasteiger partial charge >= 0.3 is 0 Å². The van der Waals surface area contributed by atoms with Crippen LogP contribution in [0.3, 0.4) is 0 Å². The summed E-state index contributed by atoms with van der Waals surface area (Å²) >= 11 is 0. The van der Waals surface area contributed by atoms with Crippen molar-refractivity contribution in [2.45, 2.75) is 119 Å². The van der Waals surface area contributed by atoms with Crippen molar-refractivity contribution >= 4 is 6.71 Å². The maximum Gasteiger partial charge on any atom is 0.227 e. The standard InChI is InChI=1S/C24H45B/c1-7-13-19-22(16-10-4)25(23(17-11-5)20-14-8-2)24(18-12-6)21-15-9-3/h19-21H,7-18H2,1-6H3/b22-19-,23-20-,24-21-. The van der Waals surface area contributed by atoms with E-state index in [1.807, 2.05) is 0 Å². The van der Waals surface area contributed by atoms with Crippen LogP contribution >= 0.6 is 0 Å². The molecule has 0 nitrogen and oxygen atoms in total. The van der Waals surface area contributed by atoms with Crippen molar-refractivity contribution in [3.63, 3.8) is 0 Å². The lowest BCUT2D eigenvalue weighted by molar-refractivity contribution is 0.876. The van der Waals surface area contributed by atoms with Crippen LogP contribution in [0, 0.1) is 0 Å². The van der Waals surface area contributed by atoms with Crippen molar-refractivity contribution in [3.05, 3.63) is 34.6 Å². The molecule has 0 bridgehead atoms. The molecule has 0 saturated carbocycles. The minimum Gasteiger partial charge on any atom is -0.0953 e. The van der Waals surface area contributed by atoms with Crippen LogP contribution in [-0.4, -0.2) is 6.71 Å². The monoisotopic (exact) mass is 344 g/mol. The Balaban J connectivity index is 6.01. The van der Waals surface area contributed by atoms with E-state index in [-0.39, 0.29) is 0 Å². The highest BCUT2D eigenvalue weighted by Gasteiger charge is 2.26. The van der Waals surface area contributed by atoms with Gasteiger partial charge in [0.15, 0.2) is 0 Å². The van der Waals surface area contributed by atoms with Crippen LogP contribution in [0.2, 0.25) is 0 Å². The van der Waals surface area contributed by atoms with E-state index in [0.29, 0.717) is 6.71 Å². The van der Waals surface area contributed by atoms with Crippen LogP contribution in [0.1, 0.15) is 119 Å². The van der Waals surface area contributed by atoms with Crippen molar-refractivity contribution in [2.75, 3.05) is 0 Å². The predicted molar refractivity (Wildman–Crippen MR) is 119 cm³/mol. The van der Waals surface area contributed by atoms with Crippen LogP contribution < -0.4 is 0 Å². The van der Waals surface area contributed by atoms with Crippen LogP contribution in [0.15, 0.2) is 34.6 Å². The van der Waals surface area contributed by atoms with E-state index >= 15 is 0 Å². The van der Waals surface area contributed by atoms with Crippen LogP contribution in [-0.2, 0) is 0 Å². The van der Waals surface area contributed by atoms with Crippen LogP contribution in [0.4, 0.5) is 0 Å². The Morgan fingerprint density at radius 1 is 0.480 bits per heavy atom. The maximum atomic E-state index is 2.58. The van der Waals surface area contributed by atoms with E-state index < -0.39 is 0 Å². The Labute approximate surface area is 160 Å². The molecule has 0 aliphatic rings. The lowest BCUT2D eigenvalue weighted by Gasteiger charge is -2.24. The molecule has 0 fully saturated rings. The van der Waals surface area contributed by atoms with E-state index in [4.69, 9.17) is 0 Å². The normalized spacial score (nSPS) is 13.4. The molecule has 0 radical (unpaired) electrons. The van der Waals surface area contributed by atoms with Crippen LogP contribution in [0.25, 0.3) is 0 Å². The third kappa shape index (κ3) is 10.1. The zero-order valence-electron chi connectivity index (χ0n) is 18.3. The summed E-state index contributed by atoms with van der Waals surface area (Å²) in [5.41, 5.74) is 5.11. The quantitative estimate of drug-likeness (QED) is 0.261. The SMILES string of the molecule is CCC/C=C(/CCC)B(/C(=C\CCC)CCC)/C(=C\CCC)CCC. The highest BCUT2D eigenvalue weighted by Crippen LogP contribution is 2.29. The molecular weight excluding hydrogens is 299 g/mol. The zero-order chi connectivity index (χ0) is 18.9. The fourth-order valence-electron chi connectivity index (χ4n) is 3.66. The van der Waals surface area contributed by atoms with E-state index in [2.05, 4.69) is 59.8 Å². The fraction of sp³-hybridized carbons (Fsp3) is 0.750. The second-order valence-electron chi connectivity index (χ2n) is 7.39. The maximum absolute atomic E-state index is 2.58. The Hall–Kier alpha value is -0.715. The second kappa shape index (κ2) is 16.7. The molecule has 0 aromatic carbocycles. The van der Waals surface area contributed by atoms with Crippen molar-refractivity contribution in [3.8, 4) is 0 Å². The first-order valence-corrected chi connectivity index (χ1v) is 11.3. The molecule has 0 unspecified atom stereocenters. The minimum atomic E-state index is 0.587. The third-order valence-corrected chi connectivity index (χ3v) is 4.81. The molecule has 0 amide bonds. The number of allylic oxidation sites excluding steroid dienone is 6. The Morgan fingerprint density at radius 3 is 0.960 bits per heavy atom. The molecule has 0 atom stereocenters. The van der Waals surface area contributed by atoms with Gasteiger partial charge in [-0.05, 0) is 38.5 Å². The Bertz CT molecular complexity index is 339. The lowest BCUT2D eigenvalue weighted by atomic mass is 9.33. The van der Waals surface area contributed by atoms with Crippen molar-refractivity contribution in [2.24, 2.45) is 0 Å². The van der Waals surface area contributed by atoms with E-state index in [9.17, 15) is 0 Å².